The zero-order valence-electron chi connectivity index (χ0n) is 6.41. The molecule has 0 fully saturated rings. The Morgan fingerprint density at radius 3 is 3.00 bits per heavy atom. The van der Waals surface area contributed by atoms with E-state index in [0.717, 1.165) is 0 Å². The number of aromatic amines is 1. The molecule has 0 saturated heterocycles. The van der Waals surface area contributed by atoms with Crippen molar-refractivity contribution < 1.29 is 14.3 Å². The first-order valence-corrected chi connectivity index (χ1v) is 3.56. The van der Waals surface area contributed by atoms with Crippen LogP contribution in [0.3, 0.4) is 0 Å². The van der Waals surface area contributed by atoms with Gasteiger partial charge in [-0.3, -0.25) is 0 Å². The molecule has 5 heteroatoms. The topological polar surface area (TPSA) is 66.0 Å². The van der Waals surface area contributed by atoms with Gasteiger partial charge in [0.2, 0.25) is 0 Å². The average Bonchev–Trinajstić information content (AvgIpc) is 2.43. The van der Waals surface area contributed by atoms with Crippen molar-refractivity contribution in [2.24, 2.45) is 0 Å². The summed E-state index contributed by atoms with van der Waals surface area (Å²) in [5.41, 5.74) is 0.530. The standard InChI is InChI=1S/C8H5FN2O2/c9-8-10-5-3-1-2-4(7(12)13)6(5)11-8/h1-3H,(H,10,11)(H,12,13). The van der Waals surface area contributed by atoms with Gasteiger partial charge in [-0.25, -0.2) is 9.78 Å². The highest BCUT2D eigenvalue weighted by atomic mass is 19.1. The van der Waals surface area contributed by atoms with Gasteiger partial charge in [0.1, 0.15) is 5.52 Å². The lowest BCUT2D eigenvalue weighted by molar-refractivity contribution is 0.0699. The molecule has 0 amide bonds. The van der Waals surface area contributed by atoms with Crippen molar-refractivity contribution in [2.75, 3.05) is 0 Å². The zero-order valence-corrected chi connectivity index (χ0v) is 6.41. The smallest absolute Gasteiger partial charge is 0.337 e. The van der Waals surface area contributed by atoms with E-state index in [0.29, 0.717) is 5.52 Å². The Kier molecular flexibility index (Phi) is 1.51. The molecule has 2 aromatic rings. The third kappa shape index (κ3) is 1.14. The van der Waals surface area contributed by atoms with Gasteiger partial charge in [-0.15, -0.1) is 0 Å². The van der Waals surface area contributed by atoms with Crippen molar-refractivity contribution in [3.63, 3.8) is 0 Å². The number of H-pyrrole nitrogens is 1. The maximum Gasteiger partial charge on any atom is 0.337 e. The number of benzene rings is 1. The average molecular weight is 180 g/mol. The molecule has 1 aromatic heterocycles. The number of hydrogen-bond acceptors (Lipinski definition) is 2. The molecule has 2 rings (SSSR count). The molecular weight excluding hydrogens is 175 g/mol. The van der Waals surface area contributed by atoms with Crippen LogP contribution in [0.25, 0.3) is 11.0 Å². The van der Waals surface area contributed by atoms with E-state index in [1.807, 2.05) is 0 Å². The van der Waals surface area contributed by atoms with E-state index in [2.05, 4.69) is 9.97 Å². The zero-order chi connectivity index (χ0) is 9.42. The number of rotatable bonds is 1. The molecule has 66 valence electrons. The lowest BCUT2D eigenvalue weighted by atomic mass is 10.2. The monoisotopic (exact) mass is 180 g/mol. The van der Waals surface area contributed by atoms with Crippen molar-refractivity contribution in [1.82, 2.24) is 9.97 Å². The van der Waals surface area contributed by atoms with Gasteiger partial charge in [0.05, 0.1) is 11.1 Å². The second-order valence-electron chi connectivity index (χ2n) is 2.53. The summed E-state index contributed by atoms with van der Waals surface area (Å²) in [6.45, 7) is 0. The van der Waals surface area contributed by atoms with Gasteiger partial charge in [-0.1, -0.05) is 6.07 Å². The van der Waals surface area contributed by atoms with Crippen molar-refractivity contribution in [1.29, 1.82) is 0 Å². The number of imidazole rings is 1. The number of fused-ring (bicyclic) bond motifs is 1. The van der Waals surface area contributed by atoms with Gasteiger partial charge in [-0.05, 0) is 12.1 Å². The number of nitrogens with one attached hydrogen (secondary N) is 1. The van der Waals surface area contributed by atoms with Crippen molar-refractivity contribution in [3.8, 4) is 0 Å². The summed E-state index contributed by atoms with van der Waals surface area (Å²) in [6.07, 6.45) is -0.774. The van der Waals surface area contributed by atoms with E-state index in [-0.39, 0.29) is 11.1 Å². The Labute approximate surface area is 72.0 Å². The van der Waals surface area contributed by atoms with Crippen LogP contribution in [0.5, 0.6) is 0 Å². The van der Waals surface area contributed by atoms with Gasteiger partial charge in [-0.2, -0.15) is 4.39 Å². The van der Waals surface area contributed by atoms with Crippen LogP contribution in [0.4, 0.5) is 4.39 Å². The summed E-state index contributed by atoms with van der Waals surface area (Å²) in [5, 5.41) is 8.72. The summed E-state index contributed by atoms with van der Waals surface area (Å²) in [7, 11) is 0. The molecule has 1 heterocycles. The number of halogens is 1. The Bertz CT molecular complexity index is 478. The first kappa shape index (κ1) is 7.72. The second-order valence-corrected chi connectivity index (χ2v) is 2.53. The summed E-state index contributed by atoms with van der Waals surface area (Å²) < 4.78 is 12.6. The third-order valence-corrected chi connectivity index (χ3v) is 1.71. The summed E-state index contributed by atoms with van der Waals surface area (Å²) in [5.74, 6) is -1.11. The van der Waals surface area contributed by atoms with Crippen LogP contribution in [0.1, 0.15) is 10.4 Å². The van der Waals surface area contributed by atoms with E-state index >= 15 is 0 Å². The minimum absolute atomic E-state index is 0.00218. The fraction of sp³-hybridized carbons (Fsp3) is 0. The molecular formula is C8H5FN2O2. The SMILES string of the molecule is O=C(O)c1cccc2[nH]c(F)nc12. The lowest BCUT2D eigenvalue weighted by Crippen LogP contribution is -1.96. The number of para-hydroxylation sites is 1. The van der Waals surface area contributed by atoms with Crippen LogP contribution < -0.4 is 0 Å². The Hall–Kier alpha value is -1.91. The van der Waals surface area contributed by atoms with E-state index in [4.69, 9.17) is 5.11 Å². The Morgan fingerprint density at radius 2 is 2.31 bits per heavy atom. The van der Waals surface area contributed by atoms with E-state index in [1.54, 1.807) is 6.07 Å². The number of carbonyl (C=O) groups is 1. The highest BCUT2D eigenvalue weighted by Crippen LogP contribution is 2.15. The van der Waals surface area contributed by atoms with Crippen LogP contribution in [-0.2, 0) is 0 Å². The molecule has 4 nitrogen and oxygen atoms in total. The molecule has 0 aliphatic rings. The molecule has 0 saturated carbocycles. The van der Waals surface area contributed by atoms with Gasteiger partial charge in [0.25, 0.3) is 6.08 Å². The number of carboxylic acids is 1. The van der Waals surface area contributed by atoms with Crippen molar-refractivity contribution in [2.45, 2.75) is 0 Å². The number of aromatic nitrogens is 2. The molecule has 0 unspecified atom stereocenters. The highest BCUT2D eigenvalue weighted by molar-refractivity contribution is 6.00. The first-order chi connectivity index (χ1) is 6.18. The van der Waals surface area contributed by atoms with Crippen LogP contribution in [-0.4, -0.2) is 21.0 Å². The molecule has 0 radical (unpaired) electrons. The molecule has 0 bridgehead atoms. The van der Waals surface area contributed by atoms with Crippen LogP contribution in [0.2, 0.25) is 0 Å². The van der Waals surface area contributed by atoms with E-state index < -0.39 is 12.0 Å². The number of hydrogen-bond donors (Lipinski definition) is 2. The van der Waals surface area contributed by atoms with Crippen molar-refractivity contribution >= 4 is 17.0 Å². The Balaban J connectivity index is 2.82. The molecule has 2 N–H and O–H groups in total. The predicted molar refractivity (Wildman–Crippen MR) is 43.0 cm³/mol. The minimum Gasteiger partial charge on any atom is -0.478 e. The normalized spacial score (nSPS) is 10.5. The first-order valence-electron chi connectivity index (χ1n) is 3.56. The maximum absolute atomic E-state index is 12.6. The fourth-order valence-corrected chi connectivity index (χ4v) is 1.17. The Morgan fingerprint density at radius 1 is 1.54 bits per heavy atom. The number of nitrogens with zero attached hydrogens (tertiary/aromatic N) is 1. The summed E-state index contributed by atoms with van der Waals surface area (Å²) in [4.78, 5) is 16.4. The molecule has 0 spiro atoms. The largest absolute Gasteiger partial charge is 0.478 e. The molecule has 0 aliphatic heterocycles. The van der Waals surface area contributed by atoms with Crippen LogP contribution >= 0.6 is 0 Å². The highest BCUT2D eigenvalue weighted by Gasteiger charge is 2.11. The van der Waals surface area contributed by atoms with Gasteiger partial charge in [0.15, 0.2) is 0 Å². The third-order valence-electron chi connectivity index (χ3n) is 1.71. The van der Waals surface area contributed by atoms with E-state index in [9.17, 15) is 9.18 Å². The quantitative estimate of drug-likeness (QED) is 0.697. The molecule has 0 atom stereocenters. The maximum atomic E-state index is 12.6. The van der Waals surface area contributed by atoms with Crippen molar-refractivity contribution in [3.05, 3.63) is 29.8 Å². The molecule has 13 heavy (non-hydrogen) atoms. The minimum atomic E-state index is -1.11. The van der Waals surface area contributed by atoms with Crippen LogP contribution in [0.15, 0.2) is 18.2 Å². The lowest BCUT2D eigenvalue weighted by Gasteiger charge is -1.93. The summed E-state index contributed by atoms with van der Waals surface area (Å²) >= 11 is 0. The predicted octanol–water partition coefficient (Wildman–Crippen LogP) is 1.40. The molecule has 0 aliphatic carbocycles. The van der Waals surface area contributed by atoms with Gasteiger partial charge in [0, 0.05) is 0 Å². The second kappa shape index (κ2) is 2.55. The fourth-order valence-electron chi connectivity index (χ4n) is 1.17. The molecule has 1 aromatic carbocycles. The van der Waals surface area contributed by atoms with Gasteiger partial charge < -0.3 is 10.1 Å². The summed E-state index contributed by atoms with van der Waals surface area (Å²) in [6, 6.07) is 4.48. The van der Waals surface area contributed by atoms with E-state index in [1.165, 1.54) is 12.1 Å². The van der Waals surface area contributed by atoms with Gasteiger partial charge >= 0.3 is 5.97 Å². The number of carboxylic acid groups (broad SMARTS) is 1. The number of aromatic carboxylic acids is 1. The van der Waals surface area contributed by atoms with Crippen LogP contribution in [0, 0.1) is 6.08 Å².